The standard InChI is InChI=1S/C18H23F3N4O2/c1-17(2,3)16(11-6-5-7-12(8-11)18(19,20)21)23-10-15-24-13(25-27-15)9-14(26)22-4/h5-8,16,23H,9-10H2,1-4H3,(H,22,26). The maximum Gasteiger partial charge on any atom is 0.416 e. The molecular formula is C18H23F3N4O2. The molecule has 1 heterocycles. The fraction of sp³-hybridized carbons (Fsp3) is 0.500. The molecule has 6 nitrogen and oxygen atoms in total. The number of aromatic nitrogens is 2. The zero-order chi connectivity index (χ0) is 20.2. The van der Waals surface area contributed by atoms with Gasteiger partial charge in [-0.3, -0.25) is 4.79 Å². The Balaban J connectivity index is 2.16. The zero-order valence-corrected chi connectivity index (χ0v) is 15.6. The Bertz CT molecular complexity index is 781. The van der Waals surface area contributed by atoms with Gasteiger partial charge in [-0.25, -0.2) is 0 Å². The van der Waals surface area contributed by atoms with E-state index in [-0.39, 0.29) is 42.0 Å². The summed E-state index contributed by atoms with van der Waals surface area (Å²) in [6.45, 7) is 5.94. The van der Waals surface area contributed by atoms with Gasteiger partial charge in [-0.05, 0) is 23.1 Å². The van der Waals surface area contributed by atoms with Crippen molar-refractivity contribution in [3.8, 4) is 0 Å². The molecule has 2 N–H and O–H groups in total. The van der Waals surface area contributed by atoms with Crippen molar-refractivity contribution >= 4 is 5.91 Å². The molecule has 0 aliphatic rings. The molecule has 1 unspecified atom stereocenters. The van der Waals surface area contributed by atoms with Crippen LogP contribution in [0, 0.1) is 5.41 Å². The van der Waals surface area contributed by atoms with E-state index in [0.29, 0.717) is 5.56 Å². The summed E-state index contributed by atoms with van der Waals surface area (Å²) in [7, 11) is 1.51. The molecule has 0 saturated carbocycles. The van der Waals surface area contributed by atoms with Crippen molar-refractivity contribution in [2.45, 2.75) is 46.0 Å². The highest BCUT2D eigenvalue weighted by atomic mass is 19.4. The molecule has 0 saturated heterocycles. The number of benzene rings is 1. The van der Waals surface area contributed by atoms with Crippen molar-refractivity contribution in [2.24, 2.45) is 5.41 Å². The van der Waals surface area contributed by atoms with Gasteiger partial charge in [0.15, 0.2) is 5.82 Å². The minimum absolute atomic E-state index is 0.00364. The number of hydrogen-bond acceptors (Lipinski definition) is 5. The molecule has 2 aromatic rings. The summed E-state index contributed by atoms with van der Waals surface area (Å²) in [5.41, 5.74) is -0.543. The number of rotatable bonds is 6. The average molecular weight is 384 g/mol. The molecule has 1 atom stereocenters. The number of likely N-dealkylation sites (N-methyl/N-ethyl adjacent to an activating group) is 1. The Morgan fingerprint density at radius 2 is 1.96 bits per heavy atom. The second-order valence-corrected chi connectivity index (χ2v) is 7.26. The number of amides is 1. The van der Waals surface area contributed by atoms with Crippen molar-refractivity contribution in [2.75, 3.05) is 7.05 Å². The first-order valence-corrected chi connectivity index (χ1v) is 8.43. The summed E-state index contributed by atoms with van der Waals surface area (Å²) in [6, 6.07) is 4.87. The quantitative estimate of drug-likeness (QED) is 0.799. The molecule has 1 amide bonds. The Morgan fingerprint density at radius 1 is 1.26 bits per heavy atom. The molecule has 1 aromatic heterocycles. The van der Waals surface area contributed by atoms with Gasteiger partial charge in [-0.15, -0.1) is 0 Å². The van der Waals surface area contributed by atoms with Crippen LogP contribution < -0.4 is 10.6 Å². The van der Waals surface area contributed by atoms with E-state index in [1.54, 1.807) is 6.07 Å². The first-order chi connectivity index (χ1) is 12.5. The summed E-state index contributed by atoms with van der Waals surface area (Å²) < 4.78 is 44.2. The third kappa shape index (κ3) is 5.78. The monoisotopic (exact) mass is 384 g/mol. The highest BCUT2D eigenvalue weighted by Crippen LogP contribution is 2.36. The maximum absolute atomic E-state index is 13.0. The predicted molar refractivity (Wildman–Crippen MR) is 92.5 cm³/mol. The van der Waals surface area contributed by atoms with Crippen LogP contribution in [0.3, 0.4) is 0 Å². The van der Waals surface area contributed by atoms with Crippen LogP contribution in [-0.4, -0.2) is 23.1 Å². The number of nitrogens with one attached hydrogen (secondary N) is 2. The van der Waals surface area contributed by atoms with Crippen LogP contribution in [0.2, 0.25) is 0 Å². The van der Waals surface area contributed by atoms with Crippen LogP contribution in [0.5, 0.6) is 0 Å². The second-order valence-electron chi connectivity index (χ2n) is 7.26. The molecule has 148 valence electrons. The van der Waals surface area contributed by atoms with Crippen molar-refractivity contribution in [1.82, 2.24) is 20.8 Å². The van der Waals surface area contributed by atoms with Crippen molar-refractivity contribution < 1.29 is 22.5 Å². The van der Waals surface area contributed by atoms with E-state index < -0.39 is 11.7 Å². The Hall–Kier alpha value is -2.42. The Kier molecular flexibility index (Phi) is 6.25. The third-order valence-corrected chi connectivity index (χ3v) is 3.98. The molecule has 0 aliphatic heterocycles. The maximum atomic E-state index is 13.0. The normalized spacial score (nSPS) is 13.4. The van der Waals surface area contributed by atoms with E-state index in [0.717, 1.165) is 12.1 Å². The van der Waals surface area contributed by atoms with Crippen molar-refractivity contribution in [3.63, 3.8) is 0 Å². The number of alkyl halides is 3. The van der Waals surface area contributed by atoms with Crippen molar-refractivity contribution in [1.29, 1.82) is 0 Å². The number of carbonyl (C=O) groups is 1. The minimum Gasteiger partial charge on any atom is -0.359 e. The predicted octanol–water partition coefficient (Wildman–Crippen LogP) is 3.25. The Morgan fingerprint density at radius 3 is 2.56 bits per heavy atom. The smallest absolute Gasteiger partial charge is 0.359 e. The molecule has 0 fully saturated rings. The Labute approximate surface area is 155 Å². The number of nitrogens with zero attached hydrogens (tertiary/aromatic N) is 2. The lowest BCUT2D eigenvalue weighted by Gasteiger charge is -2.32. The fourth-order valence-electron chi connectivity index (χ4n) is 2.67. The van der Waals surface area contributed by atoms with E-state index in [4.69, 9.17) is 4.52 Å². The second kappa shape index (κ2) is 8.08. The number of carbonyl (C=O) groups excluding carboxylic acids is 1. The number of hydrogen-bond donors (Lipinski definition) is 2. The molecule has 0 bridgehead atoms. The molecule has 0 aliphatic carbocycles. The highest BCUT2D eigenvalue weighted by Gasteiger charge is 2.33. The van der Waals surface area contributed by atoms with Gasteiger partial charge in [0.2, 0.25) is 11.8 Å². The van der Waals surface area contributed by atoms with E-state index in [9.17, 15) is 18.0 Å². The molecule has 2 rings (SSSR count). The molecule has 0 spiro atoms. The van der Waals surface area contributed by atoms with Crippen molar-refractivity contribution in [3.05, 3.63) is 47.1 Å². The van der Waals surface area contributed by atoms with E-state index >= 15 is 0 Å². The molecule has 1 aromatic carbocycles. The molecular weight excluding hydrogens is 361 g/mol. The lowest BCUT2D eigenvalue weighted by molar-refractivity contribution is -0.137. The van der Waals surface area contributed by atoms with Crippen LogP contribution in [0.25, 0.3) is 0 Å². The lowest BCUT2D eigenvalue weighted by Crippen LogP contribution is -2.32. The number of halogens is 3. The van der Waals surface area contributed by atoms with Crippen LogP contribution in [-0.2, 0) is 23.9 Å². The van der Waals surface area contributed by atoms with Gasteiger partial charge in [0.05, 0.1) is 18.5 Å². The van der Waals surface area contributed by atoms with Gasteiger partial charge in [-0.1, -0.05) is 38.1 Å². The van der Waals surface area contributed by atoms with E-state index in [2.05, 4.69) is 20.8 Å². The van der Waals surface area contributed by atoms with Crippen LogP contribution in [0.15, 0.2) is 28.8 Å². The third-order valence-electron chi connectivity index (χ3n) is 3.98. The van der Waals surface area contributed by atoms with Gasteiger partial charge in [0, 0.05) is 13.1 Å². The highest BCUT2D eigenvalue weighted by molar-refractivity contribution is 5.77. The SMILES string of the molecule is CNC(=O)Cc1noc(CNC(c2cccc(C(F)(F)F)c2)C(C)(C)C)n1. The average Bonchev–Trinajstić information content (AvgIpc) is 3.00. The van der Waals surface area contributed by atoms with Crippen LogP contribution in [0.4, 0.5) is 13.2 Å². The minimum atomic E-state index is -4.40. The lowest BCUT2D eigenvalue weighted by atomic mass is 9.82. The van der Waals surface area contributed by atoms with Gasteiger partial charge in [-0.2, -0.15) is 18.2 Å². The van der Waals surface area contributed by atoms with Gasteiger partial charge in [0.1, 0.15) is 0 Å². The summed E-state index contributed by atoms with van der Waals surface area (Å²) in [5, 5.41) is 9.38. The van der Waals surface area contributed by atoms with Crippen LogP contribution in [0.1, 0.15) is 49.7 Å². The summed E-state index contributed by atoms with van der Waals surface area (Å²) in [4.78, 5) is 15.5. The topological polar surface area (TPSA) is 80.0 Å². The van der Waals surface area contributed by atoms with Gasteiger partial charge < -0.3 is 15.2 Å². The largest absolute Gasteiger partial charge is 0.416 e. The van der Waals surface area contributed by atoms with Crippen LogP contribution >= 0.6 is 0 Å². The first-order valence-electron chi connectivity index (χ1n) is 8.43. The van der Waals surface area contributed by atoms with Gasteiger partial charge >= 0.3 is 6.18 Å². The fourth-order valence-corrected chi connectivity index (χ4v) is 2.67. The van der Waals surface area contributed by atoms with E-state index in [1.165, 1.54) is 13.1 Å². The first kappa shape index (κ1) is 20.9. The summed E-state index contributed by atoms with van der Waals surface area (Å²) in [5.74, 6) is 0.263. The summed E-state index contributed by atoms with van der Waals surface area (Å²) in [6.07, 6.45) is -4.41. The van der Waals surface area contributed by atoms with Gasteiger partial charge in [0.25, 0.3) is 0 Å². The van der Waals surface area contributed by atoms with E-state index in [1.807, 2.05) is 20.8 Å². The molecule has 9 heteroatoms. The molecule has 27 heavy (non-hydrogen) atoms. The summed E-state index contributed by atoms with van der Waals surface area (Å²) >= 11 is 0. The molecule has 0 radical (unpaired) electrons. The zero-order valence-electron chi connectivity index (χ0n) is 15.6.